The maximum absolute atomic E-state index is 12.2. The van der Waals surface area contributed by atoms with Crippen LogP contribution in [0.15, 0.2) is 12.4 Å². The fourth-order valence-corrected chi connectivity index (χ4v) is 3.31. The number of amides is 1. The molecule has 1 unspecified atom stereocenters. The highest BCUT2D eigenvalue weighted by atomic mass is 16.2. The number of nitrogens with one attached hydrogen (secondary N) is 3. The van der Waals surface area contributed by atoms with E-state index in [0.717, 1.165) is 37.3 Å². The van der Waals surface area contributed by atoms with Crippen molar-refractivity contribution in [3.63, 3.8) is 0 Å². The second kappa shape index (κ2) is 6.32. The van der Waals surface area contributed by atoms with E-state index in [1.807, 2.05) is 20.3 Å². The van der Waals surface area contributed by atoms with E-state index in [1.54, 1.807) is 10.9 Å². The van der Waals surface area contributed by atoms with Crippen LogP contribution in [0, 0.1) is 0 Å². The van der Waals surface area contributed by atoms with Gasteiger partial charge in [-0.25, -0.2) is 4.98 Å². The predicted molar refractivity (Wildman–Crippen MR) is 94.0 cm³/mol. The van der Waals surface area contributed by atoms with E-state index in [2.05, 4.69) is 35.9 Å². The van der Waals surface area contributed by atoms with Gasteiger partial charge in [0.2, 0.25) is 5.95 Å². The molecule has 25 heavy (non-hydrogen) atoms. The Hall–Kier alpha value is -2.68. The number of likely N-dealkylation sites (N-methyl/N-ethyl adjacent to an activating group) is 1. The lowest BCUT2D eigenvalue weighted by Crippen LogP contribution is -2.45. The third kappa shape index (κ3) is 3.02. The van der Waals surface area contributed by atoms with Crippen molar-refractivity contribution >= 4 is 23.4 Å². The maximum Gasteiger partial charge on any atom is 0.257 e. The second-order valence-corrected chi connectivity index (χ2v) is 6.52. The summed E-state index contributed by atoms with van der Waals surface area (Å²) in [5.41, 5.74) is 2.04. The maximum atomic E-state index is 12.2. The summed E-state index contributed by atoms with van der Waals surface area (Å²) < 4.78 is 1.70. The van der Waals surface area contributed by atoms with E-state index >= 15 is 0 Å². The Kier molecular flexibility index (Phi) is 4.00. The minimum absolute atomic E-state index is 0.144. The lowest BCUT2D eigenvalue weighted by molar-refractivity contribution is 0.0966. The van der Waals surface area contributed by atoms with Crippen LogP contribution in [-0.2, 0) is 13.6 Å². The van der Waals surface area contributed by atoms with E-state index in [9.17, 15) is 4.79 Å². The van der Waals surface area contributed by atoms with Crippen LogP contribution in [0.1, 0.15) is 28.9 Å². The third-order valence-electron chi connectivity index (χ3n) is 4.72. The molecule has 4 heterocycles. The summed E-state index contributed by atoms with van der Waals surface area (Å²) in [6, 6.07) is 0.350. The minimum Gasteiger partial charge on any atom is -0.346 e. The summed E-state index contributed by atoms with van der Waals surface area (Å²) in [4.78, 5) is 23.6. The lowest BCUT2D eigenvalue weighted by atomic mass is 10.1. The van der Waals surface area contributed by atoms with Crippen molar-refractivity contribution < 1.29 is 4.79 Å². The highest BCUT2D eigenvalue weighted by Crippen LogP contribution is 2.27. The van der Waals surface area contributed by atoms with Crippen LogP contribution in [0.3, 0.4) is 0 Å². The molecule has 0 saturated carbocycles. The van der Waals surface area contributed by atoms with Crippen molar-refractivity contribution in [3.8, 4) is 0 Å². The zero-order valence-corrected chi connectivity index (χ0v) is 14.4. The normalized spacial score (nSPS) is 19.4. The van der Waals surface area contributed by atoms with Gasteiger partial charge in [0.1, 0.15) is 11.4 Å². The van der Waals surface area contributed by atoms with Gasteiger partial charge < -0.3 is 20.9 Å². The first-order valence-electron chi connectivity index (χ1n) is 8.50. The van der Waals surface area contributed by atoms with E-state index in [4.69, 9.17) is 0 Å². The molecule has 1 amide bonds. The molecule has 4 rings (SSSR count). The molecule has 2 aromatic rings. The number of aryl methyl sites for hydroxylation is 1. The van der Waals surface area contributed by atoms with Gasteiger partial charge in [-0.15, -0.1) is 0 Å². The molecule has 0 aliphatic carbocycles. The van der Waals surface area contributed by atoms with E-state index < -0.39 is 0 Å². The molecule has 9 nitrogen and oxygen atoms in total. The third-order valence-corrected chi connectivity index (χ3v) is 4.72. The Morgan fingerprint density at radius 1 is 1.40 bits per heavy atom. The molecule has 132 valence electrons. The Morgan fingerprint density at radius 2 is 2.28 bits per heavy atom. The van der Waals surface area contributed by atoms with Crippen LogP contribution in [0.25, 0.3) is 0 Å². The quantitative estimate of drug-likeness (QED) is 0.739. The van der Waals surface area contributed by atoms with Gasteiger partial charge in [0, 0.05) is 32.9 Å². The zero-order chi connectivity index (χ0) is 17.4. The van der Waals surface area contributed by atoms with E-state index in [-0.39, 0.29) is 5.91 Å². The van der Waals surface area contributed by atoms with Crippen molar-refractivity contribution in [1.29, 1.82) is 0 Å². The highest BCUT2D eigenvalue weighted by molar-refractivity contribution is 6.02. The fraction of sp³-hybridized carbons (Fsp3) is 0.500. The van der Waals surface area contributed by atoms with Crippen LogP contribution >= 0.6 is 0 Å². The average molecular weight is 342 g/mol. The number of carbonyl (C=O) groups excluding carboxylic acids is 1. The monoisotopic (exact) mass is 342 g/mol. The fourth-order valence-electron chi connectivity index (χ4n) is 3.31. The van der Waals surface area contributed by atoms with Gasteiger partial charge in [0.15, 0.2) is 0 Å². The second-order valence-electron chi connectivity index (χ2n) is 6.52. The summed E-state index contributed by atoms with van der Waals surface area (Å²) >= 11 is 0. The number of aromatic nitrogens is 4. The molecule has 0 aromatic carbocycles. The van der Waals surface area contributed by atoms with Crippen LogP contribution < -0.4 is 20.9 Å². The molecule has 3 N–H and O–H groups in total. The Balaban J connectivity index is 1.69. The first-order chi connectivity index (χ1) is 12.1. The molecule has 2 aliphatic rings. The number of carbonyl (C=O) groups is 1. The molecular formula is C16H22N8O. The summed E-state index contributed by atoms with van der Waals surface area (Å²) in [7, 11) is 3.86. The minimum atomic E-state index is -0.144. The Morgan fingerprint density at radius 3 is 3.00 bits per heavy atom. The molecule has 1 fully saturated rings. The van der Waals surface area contributed by atoms with Crippen LogP contribution in [0.2, 0.25) is 0 Å². The summed E-state index contributed by atoms with van der Waals surface area (Å²) in [5, 5.41) is 13.6. The van der Waals surface area contributed by atoms with E-state index in [1.165, 1.54) is 0 Å². The molecule has 0 bridgehead atoms. The molecule has 2 aromatic heterocycles. The molecule has 1 atom stereocenters. The molecule has 2 aliphatic heterocycles. The number of hydrogen-bond acceptors (Lipinski definition) is 7. The first kappa shape index (κ1) is 15.8. The van der Waals surface area contributed by atoms with Crippen molar-refractivity contribution in [2.24, 2.45) is 7.05 Å². The highest BCUT2D eigenvalue weighted by Gasteiger charge is 2.29. The number of nitrogens with zero attached hydrogens (tertiary/aromatic N) is 5. The van der Waals surface area contributed by atoms with Crippen LogP contribution in [0.5, 0.6) is 0 Å². The van der Waals surface area contributed by atoms with Gasteiger partial charge in [-0.3, -0.25) is 9.48 Å². The van der Waals surface area contributed by atoms with Crippen molar-refractivity contribution in [2.45, 2.75) is 25.4 Å². The Labute approximate surface area is 145 Å². The van der Waals surface area contributed by atoms with Gasteiger partial charge in [0.25, 0.3) is 5.91 Å². The van der Waals surface area contributed by atoms with E-state index in [0.29, 0.717) is 29.9 Å². The lowest BCUT2D eigenvalue weighted by Gasteiger charge is -2.32. The van der Waals surface area contributed by atoms with Crippen molar-refractivity contribution in [3.05, 3.63) is 23.7 Å². The largest absolute Gasteiger partial charge is 0.346 e. The topological polar surface area (TPSA) is 100 Å². The van der Waals surface area contributed by atoms with Gasteiger partial charge in [-0.1, -0.05) is 0 Å². The van der Waals surface area contributed by atoms with Gasteiger partial charge in [-0.05, 0) is 19.4 Å². The summed E-state index contributed by atoms with van der Waals surface area (Å²) in [6.45, 7) is 2.41. The molecule has 9 heteroatoms. The molecule has 0 radical (unpaired) electrons. The number of anilines is 3. The number of fused-ring (bicyclic) bond motifs is 1. The predicted octanol–water partition coefficient (Wildman–Crippen LogP) is 0.385. The van der Waals surface area contributed by atoms with Gasteiger partial charge in [0.05, 0.1) is 24.1 Å². The first-order valence-corrected chi connectivity index (χ1v) is 8.50. The molecular weight excluding hydrogens is 320 g/mol. The Bertz CT molecular complexity index is 795. The summed E-state index contributed by atoms with van der Waals surface area (Å²) in [5.74, 6) is 1.02. The smallest absolute Gasteiger partial charge is 0.257 e. The molecule has 0 spiro atoms. The van der Waals surface area contributed by atoms with Gasteiger partial charge in [-0.2, -0.15) is 10.1 Å². The summed E-state index contributed by atoms with van der Waals surface area (Å²) in [6.07, 6.45) is 5.79. The van der Waals surface area contributed by atoms with Crippen molar-refractivity contribution in [2.75, 3.05) is 30.4 Å². The average Bonchev–Trinajstić information content (AvgIpc) is 3.21. The van der Waals surface area contributed by atoms with Crippen LogP contribution in [-0.4, -0.2) is 51.8 Å². The molecule has 1 saturated heterocycles. The van der Waals surface area contributed by atoms with Gasteiger partial charge >= 0.3 is 0 Å². The number of hydrogen-bond donors (Lipinski definition) is 3. The number of rotatable bonds is 4. The zero-order valence-electron chi connectivity index (χ0n) is 14.4. The SMILES string of the molecule is CN(c1nc2c(c(Nc3cnn(C)c3)n1)C(=O)NC2)C1CCCNC1. The van der Waals surface area contributed by atoms with Crippen LogP contribution in [0.4, 0.5) is 17.5 Å². The standard InChI is InChI=1S/C16H22N8O/c1-23-9-10(6-19-23)20-14-13-12(8-18-15(13)25)21-16(22-14)24(2)11-4-3-5-17-7-11/h6,9,11,17H,3-5,7-8H2,1-2H3,(H,18,25)(H,20,21,22). The van der Waals surface area contributed by atoms with Crippen molar-refractivity contribution in [1.82, 2.24) is 30.4 Å². The number of piperidine rings is 1.